The molecule has 114 valence electrons. The number of nitrogens with zero attached hydrogens (tertiary/aromatic N) is 2. The van der Waals surface area contributed by atoms with Gasteiger partial charge in [0.2, 0.25) is 0 Å². The normalized spacial score (nSPS) is 12.3. The van der Waals surface area contributed by atoms with Crippen molar-refractivity contribution < 1.29 is 8.42 Å². The van der Waals surface area contributed by atoms with Gasteiger partial charge in [-0.05, 0) is 17.7 Å². The van der Waals surface area contributed by atoms with Gasteiger partial charge in [-0.15, -0.1) is 0 Å². The molecule has 0 N–H and O–H groups in total. The number of halogens is 2. The van der Waals surface area contributed by atoms with Crippen LogP contribution in [0.4, 0.5) is 0 Å². The van der Waals surface area contributed by atoms with Gasteiger partial charge in [-0.25, -0.2) is 0 Å². The van der Waals surface area contributed by atoms with Crippen molar-refractivity contribution in [1.29, 1.82) is 0 Å². The maximum atomic E-state index is 12.5. The van der Waals surface area contributed by atoms with Crippen LogP contribution in [0.3, 0.4) is 0 Å². The lowest BCUT2D eigenvalue weighted by Gasteiger charge is -2.27. The molecule has 20 heavy (non-hydrogen) atoms. The van der Waals surface area contributed by atoms with Gasteiger partial charge in [0, 0.05) is 26.2 Å². The molecule has 0 heterocycles. The molecule has 0 aliphatic carbocycles. The first-order valence-electron chi connectivity index (χ1n) is 6.55. The molecule has 4 nitrogen and oxygen atoms in total. The van der Waals surface area contributed by atoms with Crippen molar-refractivity contribution in [2.45, 2.75) is 27.3 Å². The van der Waals surface area contributed by atoms with Crippen molar-refractivity contribution in [3.63, 3.8) is 0 Å². The largest absolute Gasteiger partial charge is 0.282 e. The summed E-state index contributed by atoms with van der Waals surface area (Å²) in [6.07, 6.45) is 0. The van der Waals surface area contributed by atoms with Crippen LogP contribution >= 0.6 is 23.2 Å². The minimum atomic E-state index is -3.44. The zero-order valence-corrected chi connectivity index (χ0v) is 14.3. The fourth-order valence-corrected chi connectivity index (χ4v) is 3.85. The van der Waals surface area contributed by atoms with Crippen molar-refractivity contribution in [3.8, 4) is 0 Å². The van der Waals surface area contributed by atoms with Crippen LogP contribution in [-0.2, 0) is 16.8 Å². The third-order valence-corrected chi connectivity index (χ3v) is 6.00. The zero-order chi connectivity index (χ0) is 15.3. The van der Waals surface area contributed by atoms with E-state index in [2.05, 4.69) is 0 Å². The highest BCUT2D eigenvalue weighted by molar-refractivity contribution is 7.86. The first kappa shape index (κ1) is 17.7. The van der Waals surface area contributed by atoms with Crippen molar-refractivity contribution in [2.24, 2.45) is 0 Å². The van der Waals surface area contributed by atoms with Crippen molar-refractivity contribution >= 4 is 33.4 Å². The molecule has 0 aromatic heterocycles. The van der Waals surface area contributed by atoms with Gasteiger partial charge in [-0.3, -0.25) is 0 Å². The fraction of sp³-hybridized carbons (Fsp3) is 0.538. The molecule has 0 saturated carbocycles. The van der Waals surface area contributed by atoms with Crippen LogP contribution in [0.1, 0.15) is 26.3 Å². The molecule has 0 spiro atoms. The SMILES string of the molecule is CCN(CC)S(=O)(=O)N(CC)Cc1ccc(Cl)c(Cl)c1. The predicted molar refractivity (Wildman–Crippen MR) is 84.4 cm³/mol. The summed E-state index contributed by atoms with van der Waals surface area (Å²) < 4.78 is 27.8. The Bertz CT molecular complexity index is 545. The van der Waals surface area contributed by atoms with Gasteiger partial charge in [0.15, 0.2) is 0 Å². The Hall–Kier alpha value is -0.330. The second-order valence-corrected chi connectivity index (χ2v) is 7.01. The van der Waals surface area contributed by atoms with Crippen LogP contribution in [0, 0.1) is 0 Å². The summed E-state index contributed by atoms with van der Waals surface area (Å²) in [6, 6.07) is 5.16. The van der Waals surface area contributed by atoms with Crippen LogP contribution in [0.5, 0.6) is 0 Å². The van der Waals surface area contributed by atoms with Crippen molar-refractivity contribution in [2.75, 3.05) is 19.6 Å². The highest BCUT2D eigenvalue weighted by Crippen LogP contribution is 2.24. The molecule has 0 aliphatic heterocycles. The molecular weight excluding hydrogens is 319 g/mol. The highest BCUT2D eigenvalue weighted by Gasteiger charge is 2.26. The quantitative estimate of drug-likeness (QED) is 0.764. The Balaban J connectivity index is 2.99. The summed E-state index contributed by atoms with van der Waals surface area (Å²) in [7, 11) is -3.44. The molecule has 0 radical (unpaired) electrons. The molecule has 0 saturated heterocycles. The smallest absolute Gasteiger partial charge is 0.195 e. The Morgan fingerprint density at radius 1 is 0.950 bits per heavy atom. The van der Waals surface area contributed by atoms with Gasteiger partial charge in [0.1, 0.15) is 0 Å². The van der Waals surface area contributed by atoms with Gasteiger partial charge in [-0.2, -0.15) is 17.0 Å². The predicted octanol–water partition coefficient (Wildman–Crippen LogP) is 3.40. The van der Waals surface area contributed by atoms with E-state index in [4.69, 9.17) is 23.2 Å². The van der Waals surface area contributed by atoms with Crippen LogP contribution < -0.4 is 0 Å². The van der Waals surface area contributed by atoms with Crippen molar-refractivity contribution in [1.82, 2.24) is 8.61 Å². The minimum absolute atomic E-state index is 0.284. The van der Waals surface area contributed by atoms with E-state index in [-0.39, 0.29) is 6.54 Å². The van der Waals surface area contributed by atoms with E-state index >= 15 is 0 Å². The summed E-state index contributed by atoms with van der Waals surface area (Å²) >= 11 is 11.8. The van der Waals surface area contributed by atoms with Crippen LogP contribution in [0.25, 0.3) is 0 Å². The molecular formula is C13H20Cl2N2O2S. The molecule has 7 heteroatoms. The second kappa shape index (κ2) is 7.61. The van der Waals surface area contributed by atoms with E-state index in [1.54, 1.807) is 18.2 Å². The lowest BCUT2D eigenvalue weighted by atomic mass is 10.2. The fourth-order valence-electron chi connectivity index (χ4n) is 1.91. The van der Waals surface area contributed by atoms with Gasteiger partial charge < -0.3 is 0 Å². The molecule has 0 fully saturated rings. The summed E-state index contributed by atoms with van der Waals surface area (Å²) in [4.78, 5) is 0. The third-order valence-electron chi connectivity index (χ3n) is 3.05. The van der Waals surface area contributed by atoms with Gasteiger partial charge >= 0.3 is 0 Å². The van der Waals surface area contributed by atoms with Gasteiger partial charge in [0.25, 0.3) is 10.2 Å². The van der Waals surface area contributed by atoms with Crippen LogP contribution in [0.2, 0.25) is 10.0 Å². The summed E-state index contributed by atoms with van der Waals surface area (Å²) in [5, 5.41) is 0.894. The topological polar surface area (TPSA) is 40.6 Å². The highest BCUT2D eigenvalue weighted by atomic mass is 35.5. The number of rotatable bonds is 7. The van der Waals surface area contributed by atoms with E-state index in [1.807, 2.05) is 20.8 Å². The Labute approximate surface area is 131 Å². The maximum Gasteiger partial charge on any atom is 0.282 e. The van der Waals surface area contributed by atoms with E-state index in [9.17, 15) is 8.42 Å². The monoisotopic (exact) mass is 338 g/mol. The summed E-state index contributed by atoms with van der Waals surface area (Å²) in [5.41, 5.74) is 0.817. The third kappa shape index (κ3) is 4.09. The first-order valence-corrected chi connectivity index (χ1v) is 8.71. The molecule has 0 unspecified atom stereocenters. The molecule has 0 atom stereocenters. The first-order chi connectivity index (χ1) is 9.36. The molecule has 1 aromatic carbocycles. The average molecular weight is 339 g/mol. The van der Waals surface area contributed by atoms with Crippen LogP contribution in [0.15, 0.2) is 18.2 Å². The number of hydrogen-bond acceptors (Lipinski definition) is 2. The minimum Gasteiger partial charge on any atom is -0.195 e. The van der Waals surface area contributed by atoms with Gasteiger partial charge in [0.05, 0.1) is 10.0 Å². The van der Waals surface area contributed by atoms with Crippen LogP contribution in [-0.4, -0.2) is 36.7 Å². The maximum absolute atomic E-state index is 12.5. The van der Waals surface area contributed by atoms with Crippen molar-refractivity contribution in [3.05, 3.63) is 33.8 Å². The second-order valence-electron chi connectivity index (χ2n) is 4.27. The molecule has 1 aromatic rings. The lowest BCUT2D eigenvalue weighted by molar-refractivity contribution is 0.353. The molecule has 0 amide bonds. The average Bonchev–Trinajstić information content (AvgIpc) is 2.40. The molecule has 0 bridgehead atoms. The number of benzene rings is 1. The van der Waals surface area contributed by atoms with E-state index in [0.29, 0.717) is 29.7 Å². The Morgan fingerprint density at radius 3 is 1.95 bits per heavy atom. The zero-order valence-electron chi connectivity index (χ0n) is 11.9. The van der Waals surface area contributed by atoms with E-state index in [0.717, 1.165) is 5.56 Å². The summed E-state index contributed by atoms with van der Waals surface area (Å²) in [6.45, 7) is 7.07. The standard InChI is InChI=1S/C13H20Cl2N2O2S/c1-4-16(5-2)20(18,19)17(6-3)10-11-7-8-12(14)13(15)9-11/h7-9H,4-6,10H2,1-3H3. The number of hydrogen-bond donors (Lipinski definition) is 0. The summed E-state index contributed by atoms with van der Waals surface area (Å²) in [5.74, 6) is 0. The lowest BCUT2D eigenvalue weighted by Crippen LogP contribution is -2.43. The molecule has 1 rings (SSSR count). The van der Waals surface area contributed by atoms with E-state index in [1.165, 1.54) is 8.61 Å². The Morgan fingerprint density at radius 2 is 1.50 bits per heavy atom. The molecule has 0 aliphatic rings. The van der Waals surface area contributed by atoms with E-state index < -0.39 is 10.2 Å². The Kier molecular flexibility index (Phi) is 6.75. The van der Waals surface area contributed by atoms with Gasteiger partial charge in [-0.1, -0.05) is 50.0 Å².